The second-order valence-electron chi connectivity index (χ2n) is 7.42. The van der Waals surface area contributed by atoms with E-state index in [1.807, 2.05) is 4.57 Å². The first kappa shape index (κ1) is 20.4. The summed E-state index contributed by atoms with van der Waals surface area (Å²) in [4.78, 5) is 18.7. The summed E-state index contributed by atoms with van der Waals surface area (Å²) >= 11 is 0. The number of imidazole rings is 1. The van der Waals surface area contributed by atoms with Crippen LogP contribution in [-0.4, -0.2) is 34.7 Å². The van der Waals surface area contributed by atoms with E-state index in [4.69, 9.17) is 9.47 Å². The van der Waals surface area contributed by atoms with Crippen molar-refractivity contribution in [3.8, 4) is 11.8 Å². The molecule has 0 aliphatic carbocycles. The fourth-order valence-corrected chi connectivity index (χ4v) is 3.90. The minimum absolute atomic E-state index is 0.260. The summed E-state index contributed by atoms with van der Waals surface area (Å²) in [5.74, 6) is 0.119. The molecule has 0 spiro atoms. The Labute approximate surface area is 179 Å². The van der Waals surface area contributed by atoms with E-state index in [0.717, 1.165) is 11.3 Å². The second-order valence-corrected chi connectivity index (χ2v) is 7.42. The van der Waals surface area contributed by atoms with Crippen molar-refractivity contribution < 1.29 is 18.7 Å². The molecule has 7 nitrogen and oxygen atoms in total. The van der Waals surface area contributed by atoms with Crippen molar-refractivity contribution in [2.45, 2.75) is 25.1 Å². The van der Waals surface area contributed by atoms with Gasteiger partial charge in [-0.3, -0.25) is 4.57 Å². The molecule has 0 saturated carbocycles. The van der Waals surface area contributed by atoms with Gasteiger partial charge in [0.05, 0.1) is 30.6 Å². The van der Waals surface area contributed by atoms with Gasteiger partial charge in [0.25, 0.3) is 0 Å². The number of amides is 1. The smallest absolute Gasteiger partial charge is 0.412 e. The number of fused-ring (bicyclic) bond motifs is 1. The van der Waals surface area contributed by atoms with Gasteiger partial charge in [0.15, 0.2) is 0 Å². The number of carbonyl (C=O) groups excluding carboxylic acids is 1. The number of rotatable bonds is 5. The zero-order valence-corrected chi connectivity index (χ0v) is 17.2. The van der Waals surface area contributed by atoms with E-state index < -0.39 is 11.8 Å². The topological polar surface area (TPSA) is 80.4 Å². The van der Waals surface area contributed by atoms with Gasteiger partial charge in [-0.15, -0.1) is 0 Å². The first-order valence-corrected chi connectivity index (χ1v) is 9.75. The Balaban J connectivity index is 1.68. The van der Waals surface area contributed by atoms with Crippen LogP contribution < -0.4 is 4.74 Å². The average Bonchev–Trinajstić information content (AvgIpc) is 3.39. The maximum absolute atomic E-state index is 13.2. The number of hydrogen-bond acceptors (Lipinski definition) is 5. The molecule has 8 heteroatoms. The third kappa shape index (κ3) is 3.70. The highest BCUT2D eigenvalue weighted by molar-refractivity contribution is 5.68. The minimum Gasteiger partial charge on any atom is -0.496 e. The summed E-state index contributed by atoms with van der Waals surface area (Å²) in [6.45, 7) is 0.260. The van der Waals surface area contributed by atoms with Crippen molar-refractivity contribution in [2.24, 2.45) is 0 Å². The second kappa shape index (κ2) is 8.11. The number of aryl methyl sites for hydroxylation is 1. The third-order valence-corrected chi connectivity index (χ3v) is 5.48. The molecule has 0 N–H and O–H groups in total. The van der Waals surface area contributed by atoms with Crippen LogP contribution in [0.2, 0.25) is 0 Å². The lowest BCUT2D eigenvalue weighted by Gasteiger charge is -2.34. The number of methoxy groups -OCH3 is 1. The van der Waals surface area contributed by atoms with Gasteiger partial charge in [0.2, 0.25) is 5.72 Å². The van der Waals surface area contributed by atoms with E-state index in [-0.39, 0.29) is 12.4 Å². The lowest BCUT2D eigenvalue weighted by Crippen LogP contribution is -2.41. The lowest BCUT2D eigenvalue weighted by molar-refractivity contribution is -0.0290. The van der Waals surface area contributed by atoms with E-state index in [1.54, 1.807) is 49.9 Å². The molecule has 1 aromatic heterocycles. The number of carbonyl (C=O) groups is 1. The molecular weight excluding hydrogens is 399 g/mol. The molecule has 1 aliphatic heterocycles. The lowest BCUT2D eigenvalue weighted by atomic mass is 9.97. The Hall–Kier alpha value is -3.86. The molecule has 4 rings (SSSR count). The predicted molar refractivity (Wildman–Crippen MR) is 110 cm³/mol. The molecule has 1 unspecified atom stereocenters. The molecule has 0 bridgehead atoms. The average molecular weight is 420 g/mol. The Morgan fingerprint density at radius 2 is 2.10 bits per heavy atom. The molecule has 2 heterocycles. The van der Waals surface area contributed by atoms with Crippen LogP contribution in [0.3, 0.4) is 0 Å². The number of aromatic nitrogens is 2. The van der Waals surface area contributed by atoms with Crippen LogP contribution in [0.25, 0.3) is 0 Å². The monoisotopic (exact) mass is 420 g/mol. The molecule has 0 fully saturated rings. The molecule has 3 aromatic rings. The van der Waals surface area contributed by atoms with Crippen molar-refractivity contribution in [2.75, 3.05) is 14.2 Å². The van der Waals surface area contributed by atoms with Crippen molar-refractivity contribution in [1.82, 2.24) is 14.5 Å². The fourth-order valence-electron chi connectivity index (χ4n) is 3.90. The highest BCUT2D eigenvalue weighted by Gasteiger charge is 2.46. The van der Waals surface area contributed by atoms with Crippen LogP contribution in [0.5, 0.6) is 5.75 Å². The van der Waals surface area contributed by atoms with Gasteiger partial charge in [0.1, 0.15) is 11.6 Å². The number of hydrogen-bond donors (Lipinski definition) is 0. The summed E-state index contributed by atoms with van der Waals surface area (Å²) in [5, 5.41) is 9.24. The van der Waals surface area contributed by atoms with E-state index in [1.165, 1.54) is 24.1 Å². The predicted octanol–water partition coefficient (Wildman–Crippen LogP) is 3.82. The molecule has 1 amide bonds. The Kier molecular flexibility index (Phi) is 5.34. The molecule has 0 radical (unpaired) electrons. The van der Waals surface area contributed by atoms with Gasteiger partial charge >= 0.3 is 6.09 Å². The number of nitriles is 1. The number of nitrogens with zero attached hydrogens (tertiary/aromatic N) is 4. The van der Waals surface area contributed by atoms with Crippen molar-refractivity contribution in [1.29, 1.82) is 5.26 Å². The zero-order chi connectivity index (χ0) is 22.0. The molecule has 0 saturated heterocycles. The summed E-state index contributed by atoms with van der Waals surface area (Å²) < 4.78 is 26.7. The van der Waals surface area contributed by atoms with Gasteiger partial charge in [-0.2, -0.15) is 5.26 Å². The molecule has 2 aromatic carbocycles. The largest absolute Gasteiger partial charge is 0.496 e. The number of benzene rings is 2. The fraction of sp³-hybridized carbons (Fsp3) is 0.261. The Bertz CT molecular complexity index is 1150. The molecule has 1 atom stereocenters. The van der Waals surface area contributed by atoms with Crippen LogP contribution in [0, 0.1) is 17.1 Å². The summed E-state index contributed by atoms with van der Waals surface area (Å²) in [6, 6.07) is 13.1. The maximum atomic E-state index is 13.2. The van der Waals surface area contributed by atoms with Crippen LogP contribution in [0.4, 0.5) is 9.18 Å². The van der Waals surface area contributed by atoms with Crippen LogP contribution in [-0.2, 0) is 23.4 Å². The zero-order valence-electron chi connectivity index (χ0n) is 17.2. The van der Waals surface area contributed by atoms with Crippen LogP contribution in [0.15, 0.2) is 55.0 Å². The van der Waals surface area contributed by atoms with Gasteiger partial charge in [-0.1, -0.05) is 12.1 Å². The highest BCUT2D eigenvalue weighted by atomic mass is 19.1. The van der Waals surface area contributed by atoms with Gasteiger partial charge in [-0.25, -0.2) is 14.2 Å². The quantitative estimate of drug-likeness (QED) is 0.627. The molecule has 158 valence electrons. The molecule has 31 heavy (non-hydrogen) atoms. The van der Waals surface area contributed by atoms with Crippen molar-refractivity contribution in [3.05, 3.63) is 83.2 Å². The third-order valence-electron chi connectivity index (χ3n) is 5.48. The SMILES string of the molecule is COc1cc(C#N)ccc1C1(OC(=O)N(C)Cc2ccc(F)cc2)CCc2cncn21. The Morgan fingerprint density at radius 1 is 1.32 bits per heavy atom. The number of halogens is 1. The molecular formula is C23H21FN4O3. The van der Waals surface area contributed by atoms with Crippen molar-refractivity contribution >= 4 is 6.09 Å². The van der Waals surface area contributed by atoms with Crippen molar-refractivity contribution in [3.63, 3.8) is 0 Å². The van der Waals surface area contributed by atoms with E-state index in [2.05, 4.69) is 11.1 Å². The first-order valence-electron chi connectivity index (χ1n) is 9.75. The van der Waals surface area contributed by atoms with Gasteiger partial charge in [0, 0.05) is 31.9 Å². The van der Waals surface area contributed by atoms with Gasteiger partial charge < -0.3 is 14.4 Å². The standard InChI is InChI=1S/C23H21FN4O3/c1-27(14-16-3-6-18(24)7-4-16)22(29)31-23(10-9-19-13-26-15-28(19)23)20-8-5-17(12-25)11-21(20)30-2/h3-8,11,13,15H,9-10,14H2,1-2H3. The maximum Gasteiger partial charge on any atom is 0.412 e. The van der Waals surface area contributed by atoms with Gasteiger partial charge in [-0.05, 0) is 42.3 Å². The first-order chi connectivity index (χ1) is 15.0. The summed E-state index contributed by atoms with van der Waals surface area (Å²) in [6.07, 6.45) is 4.00. The Morgan fingerprint density at radius 3 is 2.81 bits per heavy atom. The minimum atomic E-state index is -1.15. The summed E-state index contributed by atoms with van der Waals surface area (Å²) in [5.41, 5.74) is 1.63. The number of ether oxygens (including phenoxy) is 2. The highest BCUT2D eigenvalue weighted by Crippen LogP contribution is 2.43. The van der Waals surface area contributed by atoms with E-state index in [9.17, 15) is 14.4 Å². The van der Waals surface area contributed by atoms with E-state index in [0.29, 0.717) is 29.7 Å². The normalized spacial score (nSPS) is 17.0. The van der Waals surface area contributed by atoms with Crippen LogP contribution >= 0.6 is 0 Å². The molecule has 1 aliphatic rings. The van der Waals surface area contributed by atoms with E-state index >= 15 is 0 Å². The summed E-state index contributed by atoms with van der Waals surface area (Å²) in [7, 11) is 3.14. The van der Waals surface area contributed by atoms with Crippen LogP contribution in [0.1, 0.15) is 28.8 Å².